The first-order valence-electron chi connectivity index (χ1n) is 5.99. The van der Waals surface area contributed by atoms with E-state index in [1.54, 1.807) is 4.90 Å². The second kappa shape index (κ2) is 4.84. The molecule has 0 aromatic carbocycles. The van der Waals surface area contributed by atoms with Crippen molar-refractivity contribution in [1.29, 1.82) is 0 Å². The first kappa shape index (κ1) is 12.0. The standard InChI is InChI=1S/C13H18N2O2/c1-9-3-6-12(10(2)14-9)13(17)15(7-8-16)11-4-5-11/h3,6,11,16H,4-5,7-8H2,1-2H3. The molecule has 1 aliphatic carbocycles. The maximum atomic E-state index is 12.3. The molecule has 92 valence electrons. The minimum Gasteiger partial charge on any atom is -0.395 e. The van der Waals surface area contributed by atoms with Crippen LogP contribution < -0.4 is 0 Å². The molecule has 0 spiro atoms. The smallest absolute Gasteiger partial charge is 0.256 e. The molecule has 2 rings (SSSR count). The number of nitrogens with zero attached hydrogens (tertiary/aromatic N) is 2. The van der Waals surface area contributed by atoms with E-state index in [1.165, 1.54) is 0 Å². The van der Waals surface area contributed by atoms with E-state index in [1.807, 2.05) is 26.0 Å². The number of rotatable bonds is 4. The van der Waals surface area contributed by atoms with Crippen LogP contribution in [0.15, 0.2) is 12.1 Å². The maximum absolute atomic E-state index is 12.3. The predicted molar refractivity (Wildman–Crippen MR) is 64.9 cm³/mol. The van der Waals surface area contributed by atoms with Gasteiger partial charge in [0, 0.05) is 18.3 Å². The van der Waals surface area contributed by atoms with E-state index in [2.05, 4.69) is 4.98 Å². The number of aliphatic hydroxyl groups excluding tert-OH is 1. The van der Waals surface area contributed by atoms with Crippen molar-refractivity contribution in [3.05, 3.63) is 29.1 Å². The van der Waals surface area contributed by atoms with Gasteiger partial charge in [0.2, 0.25) is 0 Å². The summed E-state index contributed by atoms with van der Waals surface area (Å²) in [4.78, 5) is 18.4. The molecule has 0 atom stereocenters. The fraction of sp³-hybridized carbons (Fsp3) is 0.538. The molecule has 0 bridgehead atoms. The van der Waals surface area contributed by atoms with E-state index < -0.39 is 0 Å². The van der Waals surface area contributed by atoms with Crippen molar-refractivity contribution in [3.63, 3.8) is 0 Å². The van der Waals surface area contributed by atoms with Gasteiger partial charge in [-0.1, -0.05) is 0 Å². The summed E-state index contributed by atoms with van der Waals surface area (Å²) >= 11 is 0. The number of aromatic nitrogens is 1. The summed E-state index contributed by atoms with van der Waals surface area (Å²) in [7, 11) is 0. The summed E-state index contributed by atoms with van der Waals surface area (Å²) in [6.07, 6.45) is 2.09. The zero-order valence-electron chi connectivity index (χ0n) is 10.3. The number of pyridine rings is 1. The van der Waals surface area contributed by atoms with Gasteiger partial charge < -0.3 is 10.0 Å². The van der Waals surface area contributed by atoms with Crippen molar-refractivity contribution in [1.82, 2.24) is 9.88 Å². The molecule has 0 aliphatic heterocycles. The van der Waals surface area contributed by atoms with Gasteiger partial charge in [-0.3, -0.25) is 9.78 Å². The number of aliphatic hydroxyl groups is 1. The minimum absolute atomic E-state index is 0.00782. The van der Waals surface area contributed by atoms with Crippen LogP contribution in [0, 0.1) is 13.8 Å². The molecule has 4 heteroatoms. The zero-order chi connectivity index (χ0) is 12.4. The van der Waals surface area contributed by atoms with Crippen LogP contribution in [0.5, 0.6) is 0 Å². The van der Waals surface area contributed by atoms with Crippen molar-refractivity contribution in [3.8, 4) is 0 Å². The van der Waals surface area contributed by atoms with Crippen molar-refractivity contribution in [2.75, 3.05) is 13.2 Å². The number of carbonyl (C=O) groups excluding carboxylic acids is 1. The Morgan fingerprint density at radius 1 is 1.47 bits per heavy atom. The predicted octanol–water partition coefficient (Wildman–Crippen LogP) is 1.30. The molecule has 1 aromatic heterocycles. The van der Waals surface area contributed by atoms with E-state index in [9.17, 15) is 4.79 Å². The quantitative estimate of drug-likeness (QED) is 0.854. The molecule has 1 aliphatic rings. The first-order chi connectivity index (χ1) is 8.13. The molecule has 1 N–H and O–H groups in total. The Morgan fingerprint density at radius 2 is 2.18 bits per heavy atom. The third kappa shape index (κ3) is 2.64. The van der Waals surface area contributed by atoms with E-state index in [0.717, 1.165) is 24.2 Å². The monoisotopic (exact) mass is 234 g/mol. The Labute approximate surface area is 101 Å². The lowest BCUT2D eigenvalue weighted by atomic mass is 10.1. The molecule has 1 amide bonds. The normalized spacial score (nSPS) is 14.8. The second-order valence-corrected chi connectivity index (χ2v) is 4.54. The third-order valence-corrected chi connectivity index (χ3v) is 3.04. The van der Waals surface area contributed by atoms with Gasteiger partial charge in [0.25, 0.3) is 5.91 Å². The molecule has 1 heterocycles. The van der Waals surface area contributed by atoms with Gasteiger partial charge >= 0.3 is 0 Å². The summed E-state index contributed by atoms with van der Waals surface area (Å²) < 4.78 is 0. The lowest BCUT2D eigenvalue weighted by Crippen LogP contribution is -2.36. The van der Waals surface area contributed by atoms with Crippen LogP contribution in [0.2, 0.25) is 0 Å². The van der Waals surface area contributed by atoms with Crippen molar-refractivity contribution >= 4 is 5.91 Å². The maximum Gasteiger partial charge on any atom is 0.256 e. The van der Waals surface area contributed by atoms with Gasteiger partial charge in [0.1, 0.15) is 0 Å². The lowest BCUT2D eigenvalue weighted by molar-refractivity contribution is 0.0706. The number of hydrogen-bond donors (Lipinski definition) is 1. The molecule has 0 unspecified atom stereocenters. The summed E-state index contributed by atoms with van der Waals surface area (Å²) in [5.41, 5.74) is 2.33. The van der Waals surface area contributed by atoms with E-state index in [-0.39, 0.29) is 12.5 Å². The molecular formula is C13H18N2O2. The Kier molecular flexibility index (Phi) is 3.43. The van der Waals surface area contributed by atoms with Crippen molar-refractivity contribution < 1.29 is 9.90 Å². The number of carbonyl (C=O) groups is 1. The summed E-state index contributed by atoms with van der Waals surface area (Å²) in [5.74, 6) is -0.00782. The summed E-state index contributed by atoms with van der Waals surface area (Å²) in [5, 5.41) is 9.01. The van der Waals surface area contributed by atoms with Crippen LogP contribution >= 0.6 is 0 Å². The summed E-state index contributed by atoms with van der Waals surface area (Å²) in [6, 6.07) is 3.99. The average Bonchev–Trinajstić information content (AvgIpc) is 3.09. The molecule has 17 heavy (non-hydrogen) atoms. The Morgan fingerprint density at radius 3 is 2.71 bits per heavy atom. The lowest BCUT2D eigenvalue weighted by Gasteiger charge is -2.22. The highest BCUT2D eigenvalue weighted by Crippen LogP contribution is 2.28. The third-order valence-electron chi connectivity index (χ3n) is 3.04. The zero-order valence-corrected chi connectivity index (χ0v) is 10.3. The van der Waals surface area contributed by atoms with E-state index in [0.29, 0.717) is 18.2 Å². The first-order valence-corrected chi connectivity index (χ1v) is 5.99. The highest BCUT2D eigenvalue weighted by atomic mass is 16.3. The molecule has 0 saturated heterocycles. The van der Waals surface area contributed by atoms with Gasteiger partial charge in [-0.2, -0.15) is 0 Å². The van der Waals surface area contributed by atoms with Crippen LogP contribution in [0.3, 0.4) is 0 Å². The van der Waals surface area contributed by atoms with Gasteiger partial charge in [0.05, 0.1) is 17.9 Å². The van der Waals surface area contributed by atoms with Crippen LogP contribution in [0.1, 0.15) is 34.6 Å². The highest BCUT2D eigenvalue weighted by molar-refractivity contribution is 5.95. The fourth-order valence-corrected chi connectivity index (χ4v) is 2.01. The van der Waals surface area contributed by atoms with E-state index in [4.69, 9.17) is 5.11 Å². The van der Waals surface area contributed by atoms with Crippen LogP contribution in [0.4, 0.5) is 0 Å². The topological polar surface area (TPSA) is 53.4 Å². The van der Waals surface area contributed by atoms with Gasteiger partial charge in [0.15, 0.2) is 0 Å². The summed E-state index contributed by atoms with van der Waals surface area (Å²) in [6.45, 7) is 4.19. The Bertz CT molecular complexity index is 427. The molecule has 1 saturated carbocycles. The van der Waals surface area contributed by atoms with Crippen LogP contribution in [-0.4, -0.2) is 40.1 Å². The van der Waals surface area contributed by atoms with Crippen molar-refractivity contribution in [2.24, 2.45) is 0 Å². The number of amides is 1. The van der Waals surface area contributed by atoms with Gasteiger partial charge in [-0.15, -0.1) is 0 Å². The molecule has 4 nitrogen and oxygen atoms in total. The molecule has 1 fully saturated rings. The van der Waals surface area contributed by atoms with Gasteiger partial charge in [-0.25, -0.2) is 0 Å². The highest BCUT2D eigenvalue weighted by Gasteiger charge is 2.33. The second-order valence-electron chi connectivity index (χ2n) is 4.54. The van der Waals surface area contributed by atoms with Crippen LogP contribution in [-0.2, 0) is 0 Å². The van der Waals surface area contributed by atoms with Crippen molar-refractivity contribution in [2.45, 2.75) is 32.7 Å². The fourth-order valence-electron chi connectivity index (χ4n) is 2.01. The van der Waals surface area contributed by atoms with E-state index >= 15 is 0 Å². The largest absolute Gasteiger partial charge is 0.395 e. The molecule has 1 aromatic rings. The average molecular weight is 234 g/mol. The Hall–Kier alpha value is -1.42. The SMILES string of the molecule is Cc1ccc(C(=O)N(CCO)C2CC2)c(C)n1. The number of hydrogen-bond acceptors (Lipinski definition) is 3. The Balaban J connectivity index is 2.22. The van der Waals surface area contributed by atoms with Crippen LogP contribution in [0.25, 0.3) is 0 Å². The minimum atomic E-state index is -0.00782. The van der Waals surface area contributed by atoms with Gasteiger partial charge in [-0.05, 0) is 38.8 Å². The number of aryl methyl sites for hydroxylation is 2. The molecular weight excluding hydrogens is 216 g/mol. The molecule has 0 radical (unpaired) electrons.